The van der Waals surface area contributed by atoms with Gasteiger partial charge in [0.1, 0.15) is 24.1 Å². The van der Waals surface area contributed by atoms with E-state index in [-0.39, 0.29) is 5.69 Å². The largest absolute Gasteiger partial charge is 0.489 e. The molecule has 0 saturated heterocycles. The Morgan fingerprint density at radius 2 is 2.04 bits per heavy atom. The summed E-state index contributed by atoms with van der Waals surface area (Å²) in [7, 11) is 2.03. The number of ether oxygens (including phenoxy) is 1. The Bertz CT molecular complexity index is 1090. The van der Waals surface area contributed by atoms with Crippen molar-refractivity contribution in [1.29, 1.82) is 5.26 Å². The minimum Gasteiger partial charge on any atom is -0.489 e. The molecule has 0 unspecified atom stereocenters. The van der Waals surface area contributed by atoms with Crippen LogP contribution in [0.2, 0.25) is 0 Å². The van der Waals surface area contributed by atoms with Crippen LogP contribution in [-0.2, 0) is 13.7 Å². The van der Waals surface area contributed by atoms with E-state index in [1.54, 1.807) is 0 Å². The van der Waals surface area contributed by atoms with Gasteiger partial charge in [-0.2, -0.15) is 15.6 Å². The monoisotopic (exact) mass is 329 g/mol. The number of nitriles is 1. The van der Waals surface area contributed by atoms with Gasteiger partial charge in [-0.3, -0.25) is 0 Å². The fraction of sp³-hybridized carbons (Fsp3) is 0.105. The highest BCUT2D eigenvalue weighted by Gasteiger charge is 2.11. The van der Waals surface area contributed by atoms with E-state index in [0.717, 1.165) is 16.9 Å². The zero-order valence-electron chi connectivity index (χ0n) is 13.6. The van der Waals surface area contributed by atoms with Crippen molar-refractivity contribution in [2.75, 3.05) is 0 Å². The van der Waals surface area contributed by atoms with Gasteiger partial charge in [-0.05, 0) is 23.6 Å². The van der Waals surface area contributed by atoms with Gasteiger partial charge >= 0.3 is 0 Å². The van der Waals surface area contributed by atoms with Crippen LogP contribution in [-0.4, -0.2) is 20.0 Å². The van der Waals surface area contributed by atoms with Gasteiger partial charge in [0.05, 0.1) is 5.52 Å². The van der Waals surface area contributed by atoms with Crippen LogP contribution in [0.4, 0.5) is 0 Å². The van der Waals surface area contributed by atoms with Crippen LogP contribution in [0.25, 0.3) is 22.2 Å². The number of H-pyrrole nitrogens is 1. The Hall–Kier alpha value is -3.59. The number of aromatic amines is 1. The minimum atomic E-state index is 0.269. The van der Waals surface area contributed by atoms with E-state index < -0.39 is 0 Å². The van der Waals surface area contributed by atoms with Crippen molar-refractivity contribution in [3.05, 3.63) is 66.0 Å². The van der Waals surface area contributed by atoms with Gasteiger partial charge in [-0.25, -0.2) is 0 Å². The minimum absolute atomic E-state index is 0.269. The molecule has 2 aromatic heterocycles. The molecule has 0 bridgehead atoms. The van der Waals surface area contributed by atoms with Crippen LogP contribution in [0.15, 0.2) is 54.7 Å². The van der Waals surface area contributed by atoms with E-state index in [2.05, 4.69) is 38.2 Å². The number of nitrogens with one attached hydrogen (secondary N) is 1. The lowest BCUT2D eigenvalue weighted by molar-refractivity contribution is 0.307. The van der Waals surface area contributed by atoms with Gasteiger partial charge in [0, 0.05) is 24.4 Å². The van der Waals surface area contributed by atoms with Crippen molar-refractivity contribution in [1.82, 2.24) is 20.0 Å². The van der Waals surface area contributed by atoms with Gasteiger partial charge in [0.25, 0.3) is 0 Å². The van der Waals surface area contributed by atoms with Crippen molar-refractivity contribution in [2.24, 2.45) is 7.05 Å². The zero-order valence-corrected chi connectivity index (χ0v) is 13.6. The van der Waals surface area contributed by atoms with Gasteiger partial charge in [-0.1, -0.05) is 30.3 Å². The predicted octanol–water partition coefficient (Wildman–Crippen LogP) is 3.41. The number of para-hydroxylation sites is 1. The third-order valence-corrected chi connectivity index (χ3v) is 4.14. The third-order valence-electron chi connectivity index (χ3n) is 4.14. The molecule has 4 rings (SSSR count). The number of benzene rings is 2. The molecule has 0 aliphatic heterocycles. The number of rotatable bonds is 4. The maximum Gasteiger partial charge on any atom is 0.190 e. The summed E-state index contributed by atoms with van der Waals surface area (Å²) in [5.74, 6) is 0.718. The maximum atomic E-state index is 9.09. The van der Waals surface area contributed by atoms with E-state index in [4.69, 9.17) is 10.00 Å². The first-order valence-corrected chi connectivity index (χ1v) is 7.83. The highest BCUT2D eigenvalue weighted by atomic mass is 16.5. The standard InChI is InChI=1S/C19H15N5O/c1-24-9-8-13-4-2-6-15(19(13)24)12-25-16-7-3-5-14(10-16)18-17(11-20)21-23-22-18/h2-10H,12H2,1H3,(H,21,22,23). The van der Waals surface area contributed by atoms with Crippen LogP contribution >= 0.6 is 0 Å². The first kappa shape index (κ1) is 15.0. The molecule has 6 nitrogen and oxygen atoms in total. The first-order valence-electron chi connectivity index (χ1n) is 7.83. The molecule has 0 amide bonds. The average Bonchev–Trinajstić information content (AvgIpc) is 3.27. The number of nitrogens with zero attached hydrogens (tertiary/aromatic N) is 4. The molecule has 0 spiro atoms. The molecule has 4 aromatic rings. The van der Waals surface area contributed by atoms with Gasteiger partial charge in [-0.15, -0.1) is 5.10 Å². The summed E-state index contributed by atoms with van der Waals surface area (Å²) < 4.78 is 8.08. The summed E-state index contributed by atoms with van der Waals surface area (Å²) in [5.41, 5.74) is 3.87. The van der Waals surface area contributed by atoms with E-state index in [1.807, 2.05) is 49.6 Å². The van der Waals surface area contributed by atoms with Crippen molar-refractivity contribution >= 4 is 10.9 Å². The lowest BCUT2D eigenvalue weighted by Gasteiger charge is -2.10. The quantitative estimate of drug-likeness (QED) is 0.622. The second-order valence-electron chi connectivity index (χ2n) is 5.73. The van der Waals surface area contributed by atoms with Crippen molar-refractivity contribution in [2.45, 2.75) is 6.61 Å². The SMILES string of the molecule is Cn1ccc2cccc(COc3cccc(-c4n[nH]nc4C#N)c3)c21. The Morgan fingerprint density at radius 1 is 1.16 bits per heavy atom. The summed E-state index contributed by atoms with van der Waals surface area (Å²) in [5, 5.41) is 20.6. The lowest BCUT2D eigenvalue weighted by Crippen LogP contribution is -1.99. The van der Waals surface area contributed by atoms with Gasteiger partial charge in [0.15, 0.2) is 5.69 Å². The number of hydrogen-bond donors (Lipinski definition) is 1. The summed E-state index contributed by atoms with van der Waals surface area (Å²) in [6.45, 7) is 0.461. The van der Waals surface area contributed by atoms with E-state index in [9.17, 15) is 0 Å². The summed E-state index contributed by atoms with van der Waals surface area (Å²) in [4.78, 5) is 0. The van der Waals surface area contributed by atoms with Crippen LogP contribution in [0.1, 0.15) is 11.3 Å². The second-order valence-corrected chi connectivity index (χ2v) is 5.73. The van der Waals surface area contributed by atoms with Gasteiger partial charge in [0.2, 0.25) is 0 Å². The molecule has 2 aromatic carbocycles. The zero-order chi connectivity index (χ0) is 17.2. The fourth-order valence-electron chi connectivity index (χ4n) is 2.96. The maximum absolute atomic E-state index is 9.09. The van der Waals surface area contributed by atoms with Crippen molar-refractivity contribution in [3.63, 3.8) is 0 Å². The van der Waals surface area contributed by atoms with Gasteiger partial charge < -0.3 is 9.30 Å². The van der Waals surface area contributed by atoms with E-state index in [0.29, 0.717) is 12.3 Å². The lowest BCUT2D eigenvalue weighted by atomic mass is 10.1. The highest BCUT2D eigenvalue weighted by Crippen LogP contribution is 2.25. The number of fused-ring (bicyclic) bond motifs is 1. The van der Waals surface area contributed by atoms with Crippen LogP contribution in [0.5, 0.6) is 5.75 Å². The molecule has 0 aliphatic carbocycles. The Labute approximate surface area is 144 Å². The van der Waals surface area contributed by atoms with Crippen molar-refractivity contribution in [3.8, 4) is 23.1 Å². The normalized spacial score (nSPS) is 10.7. The molecule has 0 atom stereocenters. The third kappa shape index (κ3) is 2.72. The van der Waals surface area contributed by atoms with Crippen molar-refractivity contribution < 1.29 is 4.74 Å². The molecule has 25 heavy (non-hydrogen) atoms. The van der Waals surface area contributed by atoms with Crippen LogP contribution in [0, 0.1) is 11.3 Å². The molecule has 1 N–H and O–H groups in total. The Kier molecular flexibility index (Phi) is 3.67. The smallest absolute Gasteiger partial charge is 0.190 e. The van der Waals surface area contributed by atoms with E-state index >= 15 is 0 Å². The number of aromatic nitrogens is 4. The average molecular weight is 329 g/mol. The Morgan fingerprint density at radius 3 is 2.92 bits per heavy atom. The van der Waals surface area contributed by atoms with Crippen LogP contribution < -0.4 is 4.74 Å². The fourth-order valence-corrected chi connectivity index (χ4v) is 2.96. The molecule has 0 aliphatic rings. The highest BCUT2D eigenvalue weighted by molar-refractivity contribution is 5.83. The predicted molar refractivity (Wildman–Crippen MR) is 93.8 cm³/mol. The second kappa shape index (κ2) is 6.13. The molecule has 6 heteroatoms. The molecular formula is C19H15N5O. The summed E-state index contributed by atoms with van der Waals surface area (Å²) in [6.07, 6.45) is 2.04. The molecule has 2 heterocycles. The number of aryl methyl sites for hydroxylation is 1. The molecule has 0 saturated carbocycles. The Balaban J connectivity index is 1.61. The summed E-state index contributed by atoms with van der Waals surface area (Å²) in [6, 6.07) is 17.8. The number of hydrogen-bond acceptors (Lipinski definition) is 4. The topological polar surface area (TPSA) is 79.5 Å². The van der Waals surface area contributed by atoms with Crippen LogP contribution in [0.3, 0.4) is 0 Å². The molecular weight excluding hydrogens is 314 g/mol. The summed E-state index contributed by atoms with van der Waals surface area (Å²) >= 11 is 0. The molecule has 0 radical (unpaired) electrons. The molecule has 122 valence electrons. The first-order chi connectivity index (χ1) is 12.3. The molecule has 0 fully saturated rings. The van der Waals surface area contributed by atoms with E-state index in [1.165, 1.54) is 10.9 Å².